The summed E-state index contributed by atoms with van der Waals surface area (Å²) in [7, 11) is 0. The number of fused-ring (bicyclic) bond motifs is 13. The zero-order valence-electron chi connectivity index (χ0n) is 21.5. The number of pyridine rings is 1. The number of hydrogen-bond donors (Lipinski definition) is 0. The summed E-state index contributed by atoms with van der Waals surface area (Å²) in [6.45, 7) is 0. The van der Waals surface area contributed by atoms with Crippen LogP contribution >= 0.6 is 0 Å². The highest BCUT2D eigenvalue weighted by atomic mass is 16.3. The first kappa shape index (κ1) is 20.6. The summed E-state index contributed by atoms with van der Waals surface area (Å²) in [4.78, 5) is 0. The molecule has 10 aromatic rings. The maximum absolute atomic E-state index is 7.18. The third-order valence-electron chi connectivity index (χ3n) is 8.90. The topological polar surface area (TPSA) is 17.6 Å². The van der Waals surface area contributed by atoms with Gasteiger partial charge < -0.3 is 4.42 Å². The van der Waals surface area contributed by atoms with Gasteiger partial charge in [0.25, 0.3) is 0 Å². The van der Waals surface area contributed by atoms with Crippen LogP contribution in [0.3, 0.4) is 0 Å². The second-order valence-corrected chi connectivity index (χ2v) is 10.8. The van der Waals surface area contributed by atoms with Crippen LogP contribution in [0.15, 0.2) is 132 Å². The summed E-state index contributed by atoms with van der Waals surface area (Å²) in [6, 6.07) is 46.1. The fraction of sp³-hybridized carbons (Fsp3) is 0. The molecule has 7 aromatic carbocycles. The molecular weight excluding hydrogens is 486 g/mol. The Morgan fingerprint density at radius 3 is 2.02 bits per heavy atom. The van der Waals surface area contributed by atoms with Gasteiger partial charge in [0, 0.05) is 26.9 Å². The average molecular weight is 508 g/mol. The summed E-state index contributed by atoms with van der Waals surface area (Å²) >= 11 is 0. The molecule has 0 radical (unpaired) electrons. The SMILES string of the molecule is c1ccc(-c2cccc3c4ccccc4c4c(oc5c4c4cccc6ccc7c8ccccc8n5c7c64)c23)cc1. The molecule has 0 N–H and O–H groups in total. The third kappa shape index (κ3) is 2.36. The van der Waals surface area contributed by atoms with E-state index in [0.29, 0.717) is 0 Å². The van der Waals surface area contributed by atoms with Crippen molar-refractivity contribution in [1.29, 1.82) is 0 Å². The molecule has 0 atom stereocenters. The minimum Gasteiger partial charge on any atom is -0.438 e. The molecule has 3 aromatic heterocycles. The molecule has 0 aliphatic heterocycles. The van der Waals surface area contributed by atoms with Crippen molar-refractivity contribution in [3.05, 3.63) is 127 Å². The van der Waals surface area contributed by atoms with E-state index in [1.807, 2.05) is 0 Å². The van der Waals surface area contributed by atoms with Crippen LogP contribution in [-0.2, 0) is 0 Å². The molecule has 10 rings (SSSR count). The predicted molar refractivity (Wildman–Crippen MR) is 169 cm³/mol. The molecule has 3 heterocycles. The first-order chi connectivity index (χ1) is 19.9. The predicted octanol–water partition coefficient (Wildman–Crippen LogP) is 10.7. The minimum absolute atomic E-state index is 0.910. The number of para-hydroxylation sites is 1. The van der Waals surface area contributed by atoms with Crippen LogP contribution in [0.1, 0.15) is 0 Å². The lowest BCUT2D eigenvalue weighted by Gasteiger charge is -2.12. The van der Waals surface area contributed by atoms with Gasteiger partial charge in [0.2, 0.25) is 5.71 Å². The Morgan fingerprint density at radius 2 is 1.12 bits per heavy atom. The van der Waals surface area contributed by atoms with Crippen LogP contribution in [0.5, 0.6) is 0 Å². The largest absolute Gasteiger partial charge is 0.438 e. The Hall–Kier alpha value is -5.34. The van der Waals surface area contributed by atoms with Crippen LogP contribution in [0.4, 0.5) is 0 Å². The molecule has 184 valence electrons. The Labute approximate surface area is 228 Å². The van der Waals surface area contributed by atoms with E-state index >= 15 is 0 Å². The van der Waals surface area contributed by atoms with E-state index in [4.69, 9.17) is 4.42 Å². The van der Waals surface area contributed by atoms with Gasteiger partial charge in [-0.2, -0.15) is 0 Å². The number of rotatable bonds is 1. The normalized spacial score (nSPS) is 12.5. The molecule has 0 aliphatic rings. The summed E-state index contributed by atoms with van der Waals surface area (Å²) < 4.78 is 9.56. The molecule has 2 nitrogen and oxygen atoms in total. The maximum Gasteiger partial charge on any atom is 0.213 e. The molecule has 0 fully saturated rings. The minimum atomic E-state index is 0.910. The summed E-state index contributed by atoms with van der Waals surface area (Å²) in [5.74, 6) is 0. The Kier molecular flexibility index (Phi) is 3.70. The van der Waals surface area contributed by atoms with E-state index in [1.54, 1.807) is 0 Å². The van der Waals surface area contributed by atoms with Gasteiger partial charge >= 0.3 is 0 Å². The maximum atomic E-state index is 7.18. The highest BCUT2D eigenvalue weighted by Crippen LogP contribution is 2.49. The Morgan fingerprint density at radius 1 is 0.425 bits per heavy atom. The molecule has 0 spiro atoms. The molecule has 0 aliphatic carbocycles. The van der Waals surface area contributed by atoms with Gasteiger partial charge in [0.15, 0.2) is 0 Å². The van der Waals surface area contributed by atoms with Crippen molar-refractivity contribution >= 4 is 81.6 Å². The molecule has 40 heavy (non-hydrogen) atoms. The van der Waals surface area contributed by atoms with Crippen molar-refractivity contribution in [2.45, 2.75) is 0 Å². The monoisotopic (exact) mass is 507 g/mol. The van der Waals surface area contributed by atoms with Gasteiger partial charge in [-0.25, -0.2) is 0 Å². The molecule has 2 heteroatoms. The van der Waals surface area contributed by atoms with Crippen LogP contribution in [-0.4, -0.2) is 4.40 Å². The van der Waals surface area contributed by atoms with E-state index in [-0.39, 0.29) is 0 Å². The van der Waals surface area contributed by atoms with Gasteiger partial charge in [-0.1, -0.05) is 121 Å². The van der Waals surface area contributed by atoms with Crippen molar-refractivity contribution in [1.82, 2.24) is 4.40 Å². The fourth-order valence-electron chi connectivity index (χ4n) is 7.32. The lowest BCUT2D eigenvalue weighted by molar-refractivity contribution is 0.654. The smallest absolute Gasteiger partial charge is 0.213 e. The number of furan rings is 1. The van der Waals surface area contributed by atoms with E-state index in [0.717, 1.165) is 11.3 Å². The molecule has 0 bridgehead atoms. The fourth-order valence-corrected chi connectivity index (χ4v) is 7.32. The van der Waals surface area contributed by atoms with Crippen molar-refractivity contribution < 1.29 is 4.42 Å². The van der Waals surface area contributed by atoms with Crippen molar-refractivity contribution in [3.8, 4) is 11.1 Å². The van der Waals surface area contributed by atoms with Crippen LogP contribution in [0, 0.1) is 0 Å². The highest BCUT2D eigenvalue weighted by molar-refractivity contribution is 6.38. The van der Waals surface area contributed by atoms with Crippen molar-refractivity contribution in [2.75, 3.05) is 0 Å². The summed E-state index contributed by atoms with van der Waals surface area (Å²) in [5.41, 5.74) is 6.66. The molecule has 0 saturated carbocycles. The average Bonchev–Trinajstić information content (AvgIpc) is 3.58. The number of benzene rings is 7. The Bertz CT molecular complexity index is 2640. The molecule has 0 amide bonds. The second-order valence-electron chi connectivity index (χ2n) is 10.8. The number of aromatic nitrogens is 1. The van der Waals surface area contributed by atoms with E-state index in [1.165, 1.54) is 81.4 Å². The Balaban J connectivity index is 1.60. The zero-order valence-corrected chi connectivity index (χ0v) is 21.5. The van der Waals surface area contributed by atoms with Gasteiger partial charge in [0.05, 0.1) is 16.4 Å². The van der Waals surface area contributed by atoms with Crippen LogP contribution < -0.4 is 0 Å². The first-order valence-electron chi connectivity index (χ1n) is 13.8. The molecule has 0 unspecified atom stereocenters. The summed E-state index contributed by atoms with van der Waals surface area (Å²) in [5, 5.41) is 13.5. The lowest BCUT2D eigenvalue weighted by atomic mass is 9.91. The quantitative estimate of drug-likeness (QED) is 0.202. The van der Waals surface area contributed by atoms with Gasteiger partial charge in [-0.05, 0) is 44.1 Å². The summed E-state index contributed by atoms with van der Waals surface area (Å²) in [6.07, 6.45) is 0. The lowest BCUT2D eigenvalue weighted by Crippen LogP contribution is -1.90. The van der Waals surface area contributed by atoms with Gasteiger partial charge in [-0.3, -0.25) is 4.40 Å². The molecule has 0 saturated heterocycles. The van der Waals surface area contributed by atoms with E-state index in [9.17, 15) is 0 Å². The molecular formula is C38H21NO. The van der Waals surface area contributed by atoms with Crippen LogP contribution in [0.25, 0.3) is 92.7 Å². The van der Waals surface area contributed by atoms with Gasteiger partial charge in [0.1, 0.15) is 5.58 Å². The van der Waals surface area contributed by atoms with Gasteiger partial charge in [-0.15, -0.1) is 0 Å². The van der Waals surface area contributed by atoms with E-state index < -0.39 is 0 Å². The zero-order chi connectivity index (χ0) is 25.9. The van der Waals surface area contributed by atoms with Crippen molar-refractivity contribution in [2.24, 2.45) is 0 Å². The van der Waals surface area contributed by atoms with E-state index in [2.05, 4.69) is 132 Å². The van der Waals surface area contributed by atoms with Crippen LogP contribution in [0.2, 0.25) is 0 Å². The first-order valence-corrected chi connectivity index (χ1v) is 13.8. The second kappa shape index (κ2) is 7.19. The van der Waals surface area contributed by atoms with Crippen molar-refractivity contribution in [3.63, 3.8) is 0 Å². The highest BCUT2D eigenvalue weighted by Gasteiger charge is 2.25. The third-order valence-corrected chi connectivity index (χ3v) is 8.90. The number of hydrogen-bond acceptors (Lipinski definition) is 1. The number of nitrogens with zero attached hydrogens (tertiary/aromatic N) is 1. The standard InChI is InChI=1S/C38H21NO/c1-2-10-22(11-3-1)24-16-9-17-27-25-13-4-5-15-28(25)34-35-30-18-8-12-23-20-21-29-26-14-6-7-19-31(26)39(36(29)32(23)30)38(35)40-37(34)33(24)27/h1-21H.